The number of sulfonamides is 1. The van der Waals surface area contributed by atoms with Crippen molar-refractivity contribution in [2.45, 2.75) is 11.8 Å². The summed E-state index contributed by atoms with van der Waals surface area (Å²) in [7, 11) is -0.0883. The molecule has 10 heteroatoms. The number of rotatable bonds is 9. The number of carbonyl (C=O) groups is 2. The SMILES string of the molecule is COC(=O)c1ccccc1NC(=O)CN(c1ccc(OC)cc1OC)S(=O)(=O)c1ccc(C)cc1. The van der Waals surface area contributed by atoms with Crippen LogP contribution in [-0.4, -0.2) is 48.2 Å². The van der Waals surface area contributed by atoms with Crippen LogP contribution in [0.25, 0.3) is 0 Å². The molecule has 0 saturated heterocycles. The lowest BCUT2D eigenvalue weighted by Crippen LogP contribution is -2.38. The highest BCUT2D eigenvalue weighted by Crippen LogP contribution is 2.35. The lowest BCUT2D eigenvalue weighted by Gasteiger charge is -2.26. The van der Waals surface area contributed by atoms with Crippen LogP contribution in [0.1, 0.15) is 15.9 Å². The summed E-state index contributed by atoms with van der Waals surface area (Å²) >= 11 is 0. The van der Waals surface area contributed by atoms with Gasteiger partial charge in [0.05, 0.1) is 43.2 Å². The number of para-hydroxylation sites is 1. The Bertz CT molecular complexity index is 1320. The molecular formula is C25H26N2O7S. The van der Waals surface area contributed by atoms with Gasteiger partial charge in [0, 0.05) is 6.07 Å². The van der Waals surface area contributed by atoms with E-state index >= 15 is 0 Å². The minimum Gasteiger partial charge on any atom is -0.497 e. The van der Waals surface area contributed by atoms with Gasteiger partial charge in [-0.3, -0.25) is 9.10 Å². The molecule has 0 aliphatic heterocycles. The molecule has 0 aromatic heterocycles. The third-order valence-corrected chi connectivity index (χ3v) is 6.93. The van der Waals surface area contributed by atoms with E-state index in [0.717, 1.165) is 9.87 Å². The molecule has 1 N–H and O–H groups in total. The second-order valence-electron chi connectivity index (χ2n) is 7.45. The number of hydrogen-bond acceptors (Lipinski definition) is 7. The number of hydrogen-bond donors (Lipinski definition) is 1. The molecule has 3 aromatic carbocycles. The van der Waals surface area contributed by atoms with E-state index in [1.54, 1.807) is 30.3 Å². The van der Waals surface area contributed by atoms with E-state index < -0.39 is 28.4 Å². The molecular weight excluding hydrogens is 472 g/mol. The van der Waals surface area contributed by atoms with Crippen molar-refractivity contribution in [3.63, 3.8) is 0 Å². The summed E-state index contributed by atoms with van der Waals surface area (Å²) in [5.41, 5.74) is 1.36. The number of nitrogens with one attached hydrogen (secondary N) is 1. The Kier molecular flexibility index (Phi) is 7.98. The monoisotopic (exact) mass is 498 g/mol. The topological polar surface area (TPSA) is 111 Å². The second kappa shape index (κ2) is 10.9. The highest BCUT2D eigenvalue weighted by atomic mass is 32.2. The summed E-state index contributed by atoms with van der Waals surface area (Å²) in [6.07, 6.45) is 0. The van der Waals surface area contributed by atoms with Crippen LogP contribution in [0.15, 0.2) is 71.6 Å². The number of ether oxygens (including phenoxy) is 3. The van der Waals surface area contributed by atoms with Crippen molar-refractivity contribution in [2.75, 3.05) is 37.5 Å². The van der Waals surface area contributed by atoms with Gasteiger partial charge in [-0.15, -0.1) is 0 Å². The Morgan fingerprint density at radius 1 is 0.914 bits per heavy atom. The predicted octanol–water partition coefficient (Wildman–Crippen LogP) is 3.63. The summed E-state index contributed by atoms with van der Waals surface area (Å²) < 4.78 is 43.6. The normalized spacial score (nSPS) is 10.9. The lowest BCUT2D eigenvalue weighted by molar-refractivity contribution is -0.114. The van der Waals surface area contributed by atoms with Crippen LogP contribution in [0.4, 0.5) is 11.4 Å². The first-order valence-electron chi connectivity index (χ1n) is 10.5. The van der Waals surface area contributed by atoms with E-state index in [-0.39, 0.29) is 27.6 Å². The van der Waals surface area contributed by atoms with E-state index in [9.17, 15) is 18.0 Å². The van der Waals surface area contributed by atoms with E-state index in [2.05, 4.69) is 5.32 Å². The second-order valence-corrected chi connectivity index (χ2v) is 9.31. The number of benzene rings is 3. The van der Waals surface area contributed by atoms with Gasteiger partial charge in [-0.25, -0.2) is 13.2 Å². The summed E-state index contributed by atoms with van der Waals surface area (Å²) in [5.74, 6) is -0.658. The fourth-order valence-corrected chi connectivity index (χ4v) is 4.76. The highest BCUT2D eigenvalue weighted by Gasteiger charge is 2.30. The first-order valence-corrected chi connectivity index (χ1v) is 11.9. The Balaban J connectivity index is 2.04. The standard InChI is InChI=1S/C25H26N2O7S/c1-17-9-12-19(13-10-17)35(30,31)27(22-14-11-18(32-2)15-23(22)33-3)16-24(28)26-21-8-6-5-7-20(21)25(29)34-4/h5-15H,16H2,1-4H3,(H,26,28). The van der Waals surface area contributed by atoms with Gasteiger partial charge >= 0.3 is 5.97 Å². The van der Waals surface area contributed by atoms with Gasteiger partial charge in [0.15, 0.2) is 0 Å². The van der Waals surface area contributed by atoms with Gasteiger partial charge in [-0.1, -0.05) is 29.8 Å². The zero-order valence-electron chi connectivity index (χ0n) is 19.8. The number of aryl methyl sites for hydroxylation is 1. The molecule has 0 spiro atoms. The molecule has 0 heterocycles. The van der Waals surface area contributed by atoms with Crippen molar-refractivity contribution in [1.82, 2.24) is 0 Å². The first kappa shape index (κ1) is 25.6. The summed E-state index contributed by atoms with van der Waals surface area (Å²) in [5, 5.41) is 2.61. The van der Waals surface area contributed by atoms with E-state index in [1.807, 2.05) is 6.92 Å². The molecule has 0 bridgehead atoms. The summed E-state index contributed by atoms with van der Waals surface area (Å²) in [4.78, 5) is 25.1. The van der Waals surface area contributed by atoms with Crippen LogP contribution in [0.5, 0.6) is 11.5 Å². The molecule has 184 valence electrons. The van der Waals surface area contributed by atoms with E-state index in [0.29, 0.717) is 5.75 Å². The Labute approximate surface area is 204 Å². The van der Waals surface area contributed by atoms with Crippen molar-refractivity contribution < 1.29 is 32.2 Å². The van der Waals surface area contributed by atoms with Crippen LogP contribution in [0.3, 0.4) is 0 Å². The van der Waals surface area contributed by atoms with Crippen LogP contribution in [-0.2, 0) is 19.6 Å². The molecule has 0 aliphatic rings. The molecule has 0 fully saturated rings. The fraction of sp³-hybridized carbons (Fsp3) is 0.200. The number of nitrogens with zero attached hydrogens (tertiary/aromatic N) is 1. The number of carbonyl (C=O) groups excluding carboxylic acids is 2. The van der Waals surface area contributed by atoms with Gasteiger partial charge in [-0.05, 0) is 43.3 Å². The molecule has 1 amide bonds. The highest BCUT2D eigenvalue weighted by molar-refractivity contribution is 7.92. The maximum absolute atomic E-state index is 13.7. The average Bonchev–Trinajstić information content (AvgIpc) is 2.87. The third-order valence-electron chi connectivity index (χ3n) is 5.16. The van der Waals surface area contributed by atoms with Crippen LogP contribution < -0.4 is 19.1 Å². The van der Waals surface area contributed by atoms with Gasteiger partial charge < -0.3 is 19.5 Å². The zero-order valence-corrected chi connectivity index (χ0v) is 20.6. The van der Waals surface area contributed by atoms with Gasteiger partial charge in [0.25, 0.3) is 10.0 Å². The van der Waals surface area contributed by atoms with Crippen molar-refractivity contribution in [2.24, 2.45) is 0 Å². The molecule has 3 aromatic rings. The van der Waals surface area contributed by atoms with Crippen LogP contribution >= 0.6 is 0 Å². The average molecular weight is 499 g/mol. The molecule has 3 rings (SSSR count). The summed E-state index contributed by atoms with van der Waals surface area (Å²) in [6.45, 7) is 1.25. The molecule has 0 unspecified atom stereocenters. The number of anilines is 2. The van der Waals surface area contributed by atoms with Crippen molar-refractivity contribution >= 4 is 33.3 Å². The van der Waals surface area contributed by atoms with Crippen LogP contribution in [0, 0.1) is 6.92 Å². The van der Waals surface area contributed by atoms with Crippen LogP contribution in [0.2, 0.25) is 0 Å². The van der Waals surface area contributed by atoms with Crippen molar-refractivity contribution in [3.8, 4) is 11.5 Å². The maximum Gasteiger partial charge on any atom is 0.339 e. The Hall–Kier alpha value is -4.05. The Morgan fingerprint density at radius 2 is 1.60 bits per heavy atom. The quantitative estimate of drug-likeness (QED) is 0.449. The van der Waals surface area contributed by atoms with Crippen molar-refractivity contribution in [3.05, 3.63) is 77.9 Å². The minimum absolute atomic E-state index is 0.00346. The summed E-state index contributed by atoms with van der Waals surface area (Å²) in [6, 6.07) is 17.2. The number of amides is 1. The largest absolute Gasteiger partial charge is 0.497 e. The van der Waals surface area contributed by atoms with Gasteiger partial charge in [-0.2, -0.15) is 0 Å². The molecule has 0 radical (unpaired) electrons. The molecule has 9 nitrogen and oxygen atoms in total. The first-order chi connectivity index (χ1) is 16.7. The fourth-order valence-electron chi connectivity index (χ4n) is 3.33. The predicted molar refractivity (Wildman–Crippen MR) is 132 cm³/mol. The van der Waals surface area contributed by atoms with Crippen molar-refractivity contribution in [1.29, 1.82) is 0 Å². The zero-order chi connectivity index (χ0) is 25.6. The third kappa shape index (κ3) is 5.72. The maximum atomic E-state index is 13.7. The molecule has 0 aliphatic carbocycles. The molecule has 0 atom stereocenters. The van der Waals surface area contributed by atoms with Gasteiger partial charge in [0.1, 0.15) is 18.0 Å². The van der Waals surface area contributed by atoms with E-state index in [1.165, 1.54) is 57.7 Å². The number of esters is 1. The lowest BCUT2D eigenvalue weighted by atomic mass is 10.2. The minimum atomic E-state index is -4.18. The number of methoxy groups -OCH3 is 3. The molecule has 0 saturated carbocycles. The smallest absolute Gasteiger partial charge is 0.339 e. The van der Waals surface area contributed by atoms with Gasteiger partial charge in [0.2, 0.25) is 5.91 Å². The van der Waals surface area contributed by atoms with E-state index in [4.69, 9.17) is 14.2 Å². The Morgan fingerprint density at radius 3 is 2.23 bits per heavy atom. The molecule has 35 heavy (non-hydrogen) atoms.